The summed E-state index contributed by atoms with van der Waals surface area (Å²) in [4.78, 5) is 13.0. The van der Waals surface area contributed by atoms with Crippen molar-refractivity contribution in [2.24, 2.45) is 5.92 Å². The van der Waals surface area contributed by atoms with Gasteiger partial charge in [-0.2, -0.15) is 0 Å². The largest absolute Gasteiger partial charge is 0.293 e. The number of ketones is 1. The lowest BCUT2D eigenvalue weighted by atomic mass is 9.93. The maximum atomic E-state index is 13.0. The van der Waals surface area contributed by atoms with Crippen LogP contribution in [-0.4, -0.2) is 5.78 Å². The fraction of sp³-hybridized carbons (Fsp3) is 0.136. The van der Waals surface area contributed by atoms with Crippen LogP contribution in [-0.2, 0) is 6.42 Å². The van der Waals surface area contributed by atoms with E-state index in [4.69, 9.17) is 0 Å². The Morgan fingerprint density at radius 1 is 1.00 bits per heavy atom. The zero-order chi connectivity index (χ0) is 16.7. The van der Waals surface area contributed by atoms with E-state index in [2.05, 4.69) is 46.3 Å². The Balaban J connectivity index is 1.58. The van der Waals surface area contributed by atoms with Gasteiger partial charge in [-0.3, -0.25) is 4.79 Å². The number of rotatable bonds is 4. The zero-order valence-electron chi connectivity index (χ0n) is 13.4. The molecule has 0 saturated carbocycles. The number of aryl methyl sites for hydroxylation is 1. The van der Waals surface area contributed by atoms with Crippen LogP contribution in [0.25, 0.3) is 10.8 Å². The topological polar surface area (TPSA) is 17.1 Å². The molecular formula is C22H17BrO. The first-order chi connectivity index (χ1) is 11.6. The van der Waals surface area contributed by atoms with Gasteiger partial charge in [-0.05, 0) is 47.4 Å². The van der Waals surface area contributed by atoms with E-state index in [1.807, 2.05) is 43.3 Å². The number of halogens is 1. The Morgan fingerprint density at radius 3 is 2.54 bits per heavy atom. The maximum Gasteiger partial charge on any atom is 0.174 e. The van der Waals surface area contributed by atoms with E-state index >= 15 is 0 Å². The van der Waals surface area contributed by atoms with Crippen molar-refractivity contribution in [1.29, 1.82) is 0 Å². The first-order valence-corrected chi connectivity index (χ1v) is 8.90. The zero-order valence-corrected chi connectivity index (χ0v) is 15.0. The molecule has 1 atom stereocenters. The van der Waals surface area contributed by atoms with Crippen LogP contribution >= 0.6 is 15.9 Å². The summed E-state index contributed by atoms with van der Waals surface area (Å²) in [6.07, 6.45) is 2.96. The van der Waals surface area contributed by atoms with E-state index in [1.165, 1.54) is 11.1 Å². The van der Waals surface area contributed by atoms with Crippen LogP contribution in [0.5, 0.6) is 0 Å². The molecule has 1 unspecified atom stereocenters. The van der Waals surface area contributed by atoms with E-state index in [-0.39, 0.29) is 11.7 Å². The molecule has 0 spiro atoms. The van der Waals surface area contributed by atoms with Gasteiger partial charge in [0.15, 0.2) is 5.78 Å². The third kappa shape index (κ3) is 2.83. The van der Waals surface area contributed by atoms with Gasteiger partial charge in [-0.25, -0.2) is 0 Å². The minimum atomic E-state index is -0.0295. The third-order valence-corrected chi connectivity index (χ3v) is 5.19. The monoisotopic (exact) mass is 376 g/mol. The molecule has 0 amide bonds. The first kappa shape index (κ1) is 15.3. The van der Waals surface area contributed by atoms with Crippen LogP contribution in [0.3, 0.4) is 0 Å². The van der Waals surface area contributed by atoms with E-state index in [1.54, 1.807) is 0 Å². The number of allylic oxidation sites excluding steroid dienone is 2. The van der Waals surface area contributed by atoms with Gasteiger partial charge < -0.3 is 0 Å². The van der Waals surface area contributed by atoms with Crippen LogP contribution in [0.1, 0.15) is 21.5 Å². The molecule has 0 radical (unpaired) electrons. The molecule has 3 aromatic carbocycles. The predicted molar refractivity (Wildman–Crippen MR) is 102 cm³/mol. The highest BCUT2D eigenvalue weighted by molar-refractivity contribution is 9.10. The molecule has 0 bridgehead atoms. The molecule has 0 aromatic heterocycles. The van der Waals surface area contributed by atoms with Crippen LogP contribution in [0.2, 0.25) is 0 Å². The lowest BCUT2D eigenvalue weighted by Crippen LogP contribution is -2.08. The van der Waals surface area contributed by atoms with Crippen LogP contribution in [0, 0.1) is 12.8 Å². The Hall–Kier alpha value is -2.19. The molecule has 1 nitrogen and oxygen atoms in total. The Labute approximate surface area is 150 Å². The van der Waals surface area contributed by atoms with Gasteiger partial charge >= 0.3 is 0 Å². The summed E-state index contributed by atoms with van der Waals surface area (Å²) in [5.74, 6) is 0.203. The third-order valence-electron chi connectivity index (χ3n) is 4.66. The summed E-state index contributed by atoms with van der Waals surface area (Å²) >= 11 is 3.46. The normalized spacial score (nSPS) is 16.1. The average Bonchev–Trinajstić information content (AvgIpc) is 3.35. The molecule has 0 N–H and O–H groups in total. The fourth-order valence-electron chi connectivity index (χ4n) is 3.28. The second kappa shape index (κ2) is 6.03. The van der Waals surface area contributed by atoms with Crippen molar-refractivity contribution in [1.82, 2.24) is 0 Å². The Bertz CT molecular complexity index is 967. The lowest BCUT2D eigenvalue weighted by Gasteiger charge is -2.10. The molecular weight excluding hydrogens is 360 g/mol. The summed E-state index contributed by atoms with van der Waals surface area (Å²) in [5, 5.41) is 2.19. The van der Waals surface area contributed by atoms with Crippen molar-refractivity contribution < 1.29 is 4.79 Å². The second-order valence-corrected chi connectivity index (χ2v) is 7.28. The first-order valence-electron chi connectivity index (χ1n) is 8.11. The van der Waals surface area contributed by atoms with E-state index in [0.29, 0.717) is 0 Å². The molecule has 1 aliphatic carbocycles. The molecule has 2 heteroatoms. The van der Waals surface area contributed by atoms with Gasteiger partial charge in [0.2, 0.25) is 0 Å². The fourth-order valence-corrected chi connectivity index (χ4v) is 3.54. The van der Waals surface area contributed by atoms with Crippen molar-refractivity contribution in [2.45, 2.75) is 13.3 Å². The van der Waals surface area contributed by atoms with Crippen LogP contribution < -0.4 is 0 Å². The van der Waals surface area contributed by atoms with Gasteiger partial charge in [0.1, 0.15) is 0 Å². The molecule has 24 heavy (non-hydrogen) atoms. The van der Waals surface area contributed by atoms with E-state index in [0.717, 1.165) is 32.8 Å². The summed E-state index contributed by atoms with van der Waals surface area (Å²) in [5.41, 5.74) is 4.41. The standard InChI is InChI=1S/C22H17BrO/c1-14-6-9-16-4-2-3-5-19(16)21(14)22(24)20-13-17(20)12-15-7-10-18(23)11-8-15/h2-11,13,20H,12H2,1H3. The SMILES string of the molecule is Cc1ccc2ccccc2c1C(=O)C1C=C1Cc1ccc(Br)cc1. The van der Waals surface area contributed by atoms with Gasteiger partial charge in [-0.1, -0.05) is 76.1 Å². The molecule has 0 fully saturated rings. The molecule has 0 saturated heterocycles. The average molecular weight is 377 g/mol. The number of hydrogen-bond acceptors (Lipinski definition) is 1. The summed E-state index contributed by atoms with van der Waals surface area (Å²) in [6, 6.07) is 20.6. The van der Waals surface area contributed by atoms with Gasteiger partial charge in [0.25, 0.3) is 0 Å². The van der Waals surface area contributed by atoms with Crippen LogP contribution in [0.4, 0.5) is 0 Å². The number of fused-ring (bicyclic) bond motifs is 1. The molecule has 118 valence electrons. The van der Waals surface area contributed by atoms with Crippen LogP contribution in [0.15, 0.2) is 76.8 Å². The second-order valence-electron chi connectivity index (χ2n) is 6.37. The van der Waals surface area contributed by atoms with Gasteiger partial charge in [0.05, 0.1) is 5.92 Å². The number of hydrogen-bond donors (Lipinski definition) is 0. The predicted octanol–water partition coefficient (Wildman–Crippen LogP) is 5.89. The molecule has 4 rings (SSSR count). The summed E-state index contributed by atoms with van der Waals surface area (Å²) in [7, 11) is 0. The quantitative estimate of drug-likeness (QED) is 0.409. The van der Waals surface area contributed by atoms with Gasteiger partial charge in [-0.15, -0.1) is 0 Å². The number of carbonyl (C=O) groups is 1. The summed E-state index contributed by atoms with van der Waals surface area (Å²) in [6.45, 7) is 2.02. The van der Waals surface area contributed by atoms with Crippen molar-refractivity contribution in [2.75, 3.05) is 0 Å². The number of Topliss-reactive ketones (excluding diaryl/α,β-unsaturated/α-hetero) is 1. The number of benzene rings is 3. The highest BCUT2D eigenvalue weighted by atomic mass is 79.9. The van der Waals surface area contributed by atoms with Crippen molar-refractivity contribution in [3.8, 4) is 0 Å². The smallest absolute Gasteiger partial charge is 0.174 e. The highest BCUT2D eigenvalue weighted by Gasteiger charge is 2.33. The molecule has 0 heterocycles. The minimum absolute atomic E-state index is 0.0295. The van der Waals surface area contributed by atoms with Crippen molar-refractivity contribution in [3.05, 3.63) is 93.5 Å². The van der Waals surface area contributed by atoms with E-state index in [9.17, 15) is 4.79 Å². The number of carbonyl (C=O) groups excluding carboxylic acids is 1. The highest BCUT2D eigenvalue weighted by Crippen LogP contribution is 2.37. The van der Waals surface area contributed by atoms with E-state index < -0.39 is 0 Å². The molecule has 1 aliphatic rings. The molecule has 3 aromatic rings. The maximum absolute atomic E-state index is 13.0. The molecule has 0 aliphatic heterocycles. The van der Waals surface area contributed by atoms with Gasteiger partial charge in [0, 0.05) is 10.0 Å². The van der Waals surface area contributed by atoms with Crippen molar-refractivity contribution in [3.63, 3.8) is 0 Å². The Morgan fingerprint density at radius 2 is 1.75 bits per heavy atom. The Kier molecular flexibility index (Phi) is 3.85. The summed E-state index contributed by atoms with van der Waals surface area (Å²) < 4.78 is 1.08. The minimum Gasteiger partial charge on any atom is -0.293 e. The lowest BCUT2D eigenvalue weighted by molar-refractivity contribution is 0.0975. The van der Waals surface area contributed by atoms with Crippen molar-refractivity contribution >= 4 is 32.5 Å².